The molecule has 0 aliphatic heterocycles. The Kier molecular flexibility index (Phi) is 3.10. The predicted molar refractivity (Wildman–Crippen MR) is 63.0 cm³/mol. The zero-order chi connectivity index (χ0) is 11.4. The van der Waals surface area contributed by atoms with E-state index in [0.717, 1.165) is 11.5 Å². The number of aryl methyl sites for hydroxylation is 1. The number of pyridine rings is 1. The quantitative estimate of drug-likeness (QED) is 0.852. The second-order valence-corrected chi connectivity index (χ2v) is 3.71. The molecule has 4 heteroatoms. The number of aromatic nitrogens is 3. The van der Waals surface area contributed by atoms with Crippen LogP contribution in [-0.4, -0.2) is 15.0 Å². The van der Waals surface area contributed by atoms with Crippen molar-refractivity contribution in [2.75, 3.05) is 5.32 Å². The van der Waals surface area contributed by atoms with Crippen LogP contribution in [0.3, 0.4) is 0 Å². The van der Waals surface area contributed by atoms with Gasteiger partial charge in [0, 0.05) is 18.6 Å². The number of anilines is 1. The maximum atomic E-state index is 4.25. The Morgan fingerprint density at radius 1 is 1.19 bits per heavy atom. The van der Waals surface area contributed by atoms with E-state index in [0.29, 0.717) is 0 Å². The van der Waals surface area contributed by atoms with E-state index in [4.69, 9.17) is 0 Å². The molecule has 1 atom stereocenters. The molecule has 0 amide bonds. The topological polar surface area (TPSA) is 50.7 Å². The number of hydrogen-bond acceptors (Lipinski definition) is 4. The molecule has 0 fully saturated rings. The zero-order valence-electron chi connectivity index (χ0n) is 9.38. The molecular formula is C12H14N4. The minimum absolute atomic E-state index is 0.1000. The van der Waals surface area contributed by atoms with Crippen molar-refractivity contribution in [2.45, 2.75) is 19.9 Å². The second-order valence-electron chi connectivity index (χ2n) is 3.71. The monoisotopic (exact) mass is 214 g/mol. The van der Waals surface area contributed by atoms with Crippen LogP contribution >= 0.6 is 0 Å². The fraction of sp³-hybridized carbons (Fsp3) is 0.250. The van der Waals surface area contributed by atoms with Crippen LogP contribution in [0.5, 0.6) is 0 Å². The Bertz CT molecular complexity index is 456. The highest BCUT2D eigenvalue weighted by Gasteiger charge is 2.06. The molecule has 2 aromatic heterocycles. The second kappa shape index (κ2) is 4.70. The summed E-state index contributed by atoms with van der Waals surface area (Å²) in [6.45, 7) is 4.08. The number of rotatable bonds is 3. The molecule has 4 nitrogen and oxygen atoms in total. The van der Waals surface area contributed by atoms with E-state index in [1.165, 1.54) is 5.56 Å². The van der Waals surface area contributed by atoms with Gasteiger partial charge in [-0.3, -0.25) is 9.97 Å². The summed E-state index contributed by atoms with van der Waals surface area (Å²) < 4.78 is 0. The van der Waals surface area contributed by atoms with E-state index < -0.39 is 0 Å². The summed E-state index contributed by atoms with van der Waals surface area (Å²) in [6.07, 6.45) is 6.91. The molecular weight excluding hydrogens is 200 g/mol. The van der Waals surface area contributed by atoms with Crippen molar-refractivity contribution in [2.24, 2.45) is 0 Å². The maximum absolute atomic E-state index is 4.25. The van der Waals surface area contributed by atoms with Gasteiger partial charge in [-0.2, -0.15) is 0 Å². The van der Waals surface area contributed by atoms with Crippen LogP contribution in [0.15, 0.2) is 36.9 Å². The minimum Gasteiger partial charge on any atom is -0.362 e. The Balaban J connectivity index is 2.11. The van der Waals surface area contributed by atoms with Crippen LogP contribution in [0.2, 0.25) is 0 Å². The maximum Gasteiger partial charge on any atom is 0.126 e. The van der Waals surface area contributed by atoms with Gasteiger partial charge in [0.05, 0.1) is 17.9 Å². The SMILES string of the molecule is Cc1ccnc(NC(C)c2cnccn2)c1. The molecule has 1 N–H and O–H groups in total. The summed E-state index contributed by atoms with van der Waals surface area (Å²) in [5, 5.41) is 3.29. The summed E-state index contributed by atoms with van der Waals surface area (Å²) in [5.74, 6) is 0.859. The molecule has 2 aromatic rings. The van der Waals surface area contributed by atoms with Gasteiger partial charge in [-0.1, -0.05) is 0 Å². The smallest absolute Gasteiger partial charge is 0.126 e. The molecule has 82 valence electrons. The molecule has 0 bridgehead atoms. The summed E-state index contributed by atoms with van der Waals surface area (Å²) in [7, 11) is 0. The Labute approximate surface area is 94.8 Å². The summed E-state index contributed by atoms with van der Waals surface area (Å²) in [5.41, 5.74) is 2.09. The van der Waals surface area contributed by atoms with E-state index in [-0.39, 0.29) is 6.04 Å². The van der Waals surface area contributed by atoms with Crippen molar-refractivity contribution in [3.63, 3.8) is 0 Å². The van der Waals surface area contributed by atoms with Gasteiger partial charge in [-0.05, 0) is 31.5 Å². The summed E-state index contributed by atoms with van der Waals surface area (Å²) in [6, 6.07) is 4.08. The van der Waals surface area contributed by atoms with E-state index in [1.54, 1.807) is 24.8 Å². The number of nitrogens with one attached hydrogen (secondary N) is 1. The minimum atomic E-state index is 0.1000. The van der Waals surface area contributed by atoms with Crippen molar-refractivity contribution in [3.8, 4) is 0 Å². The Morgan fingerprint density at radius 3 is 2.75 bits per heavy atom. The lowest BCUT2D eigenvalue weighted by Crippen LogP contribution is -2.09. The van der Waals surface area contributed by atoms with Gasteiger partial charge in [0.15, 0.2) is 0 Å². The molecule has 0 saturated heterocycles. The molecule has 0 radical (unpaired) electrons. The first-order chi connectivity index (χ1) is 7.75. The normalized spacial score (nSPS) is 12.1. The van der Waals surface area contributed by atoms with Crippen molar-refractivity contribution >= 4 is 5.82 Å². The highest BCUT2D eigenvalue weighted by molar-refractivity contribution is 5.38. The van der Waals surface area contributed by atoms with Crippen molar-refractivity contribution < 1.29 is 0 Å². The molecule has 16 heavy (non-hydrogen) atoms. The van der Waals surface area contributed by atoms with Crippen LogP contribution in [-0.2, 0) is 0 Å². The van der Waals surface area contributed by atoms with E-state index >= 15 is 0 Å². The lowest BCUT2D eigenvalue weighted by atomic mass is 10.2. The Morgan fingerprint density at radius 2 is 2.06 bits per heavy atom. The standard InChI is InChI=1S/C12H14N4/c1-9-3-4-15-12(7-9)16-10(2)11-8-13-5-6-14-11/h3-8,10H,1-2H3,(H,15,16). The number of hydrogen-bond donors (Lipinski definition) is 1. The van der Waals surface area contributed by atoms with Gasteiger partial charge >= 0.3 is 0 Å². The lowest BCUT2D eigenvalue weighted by Gasteiger charge is -2.13. The van der Waals surface area contributed by atoms with Gasteiger partial charge in [0.25, 0.3) is 0 Å². The van der Waals surface area contributed by atoms with E-state index in [2.05, 4.69) is 20.3 Å². The summed E-state index contributed by atoms with van der Waals surface area (Å²) >= 11 is 0. The van der Waals surface area contributed by atoms with Gasteiger partial charge in [-0.25, -0.2) is 4.98 Å². The van der Waals surface area contributed by atoms with Gasteiger partial charge < -0.3 is 5.32 Å². The first-order valence-corrected chi connectivity index (χ1v) is 5.21. The fourth-order valence-electron chi connectivity index (χ4n) is 1.45. The van der Waals surface area contributed by atoms with Crippen LogP contribution in [0.4, 0.5) is 5.82 Å². The molecule has 2 rings (SSSR count). The van der Waals surface area contributed by atoms with Crippen molar-refractivity contribution in [3.05, 3.63) is 48.2 Å². The van der Waals surface area contributed by atoms with Crippen LogP contribution in [0.25, 0.3) is 0 Å². The lowest BCUT2D eigenvalue weighted by molar-refractivity contribution is 0.820. The van der Waals surface area contributed by atoms with Gasteiger partial charge in [0.1, 0.15) is 5.82 Å². The van der Waals surface area contributed by atoms with E-state index in [9.17, 15) is 0 Å². The van der Waals surface area contributed by atoms with Crippen molar-refractivity contribution in [1.29, 1.82) is 0 Å². The third-order valence-electron chi connectivity index (χ3n) is 2.31. The van der Waals surface area contributed by atoms with Gasteiger partial charge in [0.2, 0.25) is 0 Å². The molecule has 1 unspecified atom stereocenters. The number of nitrogens with zero attached hydrogens (tertiary/aromatic N) is 3. The fourth-order valence-corrected chi connectivity index (χ4v) is 1.45. The molecule has 2 heterocycles. The molecule has 0 spiro atoms. The third kappa shape index (κ3) is 2.53. The average molecular weight is 214 g/mol. The third-order valence-corrected chi connectivity index (χ3v) is 2.31. The van der Waals surface area contributed by atoms with E-state index in [1.807, 2.05) is 26.0 Å². The van der Waals surface area contributed by atoms with Crippen LogP contribution in [0.1, 0.15) is 24.2 Å². The average Bonchev–Trinajstić information content (AvgIpc) is 2.30. The zero-order valence-corrected chi connectivity index (χ0v) is 9.38. The largest absolute Gasteiger partial charge is 0.362 e. The Hall–Kier alpha value is -1.97. The van der Waals surface area contributed by atoms with Crippen LogP contribution in [0, 0.1) is 6.92 Å². The van der Waals surface area contributed by atoms with Crippen LogP contribution < -0.4 is 5.32 Å². The molecule has 0 saturated carbocycles. The summed E-state index contributed by atoms with van der Waals surface area (Å²) in [4.78, 5) is 12.5. The predicted octanol–water partition coefficient (Wildman–Crippen LogP) is 2.35. The highest BCUT2D eigenvalue weighted by Crippen LogP contribution is 2.15. The van der Waals surface area contributed by atoms with Crippen molar-refractivity contribution in [1.82, 2.24) is 15.0 Å². The molecule has 0 aliphatic rings. The molecule has 0 aromatic carbocycles. The highest BCUT2D eigenvalue weighted by atomic mass is 15.0. The van der Waals surface area contributed by atoms with Gasteiger partial charge in [-0.15, -0.1) is 0 Å². The first-order valence-electron chi connectivity index (χ1n) is 5.21. The molecule has 0 aliphatic carbocycles. The first kappa shape index (κ1) is 10.5.